The van der Waals surface area contributed by atoms with E-state index in [1.54, 1.807) is 12.1 Å². The summed E-state index contributed by atoms with van der Waals surface area (Å²) < 4.78 is 51.5. The normalized spacial score (nSPS) is 12.8. The average molecular weight is 625 g/mol. The Hall–Kier alpha value is -3.50. The Kier molecular flexibility index (Phi) is 13.6. The highest BCUT2D eigenvalue weighted by molar-refractivity contribution is 7.86. The Balaban J connectivity index is 1.29. The van der Waals surface area contributed by atoms with E-state index < -0.39 is 15.7 Å². The smallest absolute Gasteiger partial charge is 0.313 e. The highest BCUT2D eigenvalue weighted by atomic mass is 32.2. The van der Waals surface area contributed by atoms with Crippen LogP contribution in [0.2, 0.25) is 0 Å². The second-order valence-electron chi connectivity index (χ2n) is 11.2. The van der Waals surface area contributed by atoms with Crippen LogP contribution in [-0.2, 0) is 33.3 Å². The molecule has 3 rings (SSSR count). The van der Waals surface area contributed by atoms with Crippen molar-refractivity contribution in [3.63, 3.8) is 0 Å². The molecule has 0 bridgehead atoms. The van der Waals surface area contributed by atoms with E-state index in [9.17, 15) is 13.2 Å². The number of ether oxygens (including phenoxy) is 4. The molecule has 0 saturated carbocycles. The number of carbonyl (C=O) groups is 1. The molecule has 0 N–H and O–H groups in total. The maximum atomic E-state index is 12.6. The summed E-state index contributed by atoms with van der Waals surface area (Å²) in [5.74, 6) is 0.270. The van der Waals surface area contributed by atoms with Crippen LogP contribution < -0.4 is 4.74 Å². The lowest BCUT2D eigenvalue weighted by atomic mass is 9.95. The summed E-state index contributed by atoms with van der Waals surface area (Å²) in [7, 11) is -3.78. The molecule has 0 amide bonds. The second-order valence-corrected chi connectivity index (χ2v) is 12.8. The third-order valence-electron chi connectivity index (χ3n) is 6.43. The summed E-state index contributed by atoms with van der Waals surface area (Å²) >= 11 is 0. The van der Waals surface area contributed by atoms with E-state index in [0.29, 0.717) is 32.8 Å². The van der Waals surface area contributed by atoms with E-state index in [1.807, 2.05) is 95.3 Å². The van der Waals surface area contributed by atoms with Gasteiger partial charge in [0.05, 0.1) is 43.8 Å². The van der Waals surface area contributed by atoms with Crippen LogP contribution in [0.5, 0.6) is 5.75 Å². The minimum Gasteiger partial charge on any atom is -0.491 e. The lowest BCUT2D eigenvalue weighted by molar-refractivity contribution is -0.156. The predicted octanol–water partition coefficient (Wildman–Crippen LogP) is 6.82. The standard InChI is InChI=1S/C35H44O8S/c1-6-33(34(36)43-35(3,4)5)30-15-11-28(12-16-30)9-10-29-13-17-31(18-14-29)41-25-23-39-21-22-40-24-26-42-44(37,38)32-19-7-27(2)8-20-32/h7-20,33H,6,21-26H2,1-5H3/b10-9+. The van der Waals surface area contributed by atoms with Gasteiger partial charge in [-0.05, 0) is 75.1 Å². The lowest BCUT2D eigenvalue weighted by Gasteiger charge is -2.23. The van der Waals surface area contributed by atoms with E-state index in [4.69, 9.17) is 23.1 Å². The minimum atomic E-state index is -3.78. The lowest BCUT2D eigenvalue weighted by Crippen LogP contribution is -2.27. The van der Waals surface area contributed by atoms with Gasteiger partial charge in [-0.15, -0.1) is 0 Å². The fraction of sp³-hybridized carbons (Fsp3) is 0.400. The van der Waals surface area contributed by atoms with E-state index in [2.05, 4.69) is 0 Å². The average Bonchev–Trinajstić information content (AvgIpc) is 2.98. The monoisotopic (exact) mass is 624 g/mol. The van der Waals surface area contributed by atoms with E-state index >= 15 is 0 Å². The molecule has 0 aliphatic carbocycles. The van der Waals surface area contributed by atoms with Gasteiger partial charge in [0.15, 0.2) is 0 Å². The quantitative estimate of drug-likeness (QED) is 0.0699. The first kappa shape index (κ1) is 35.0. The first-order chi connectivity index (χ1) is 21.0. The van der Waals surface area contributed by atoms with Crippen LogP contribution in [0.1, 0.15) is 62.3 Å². The van der Waals surface area contributed by atoms with Gasteiger partial charge in [-0.1, -0.05) is 73.2 Å². The number of rotatable bonds is 17. The summed E-state index contributed by atoms with van der Waals surface area (Å²) in [5.41, 5.74) is 3.49. The molecule has 8 nitrogen and oxygen atoms in total. The third kappa shape index (κ3) is 12.2. The molecule has 44 heavy (non-hydrogen) atoms. The second kappa shape index (κ2) is 17.1. The zero-order valence-electron chi connectivity index (χ0n) is 26.3. The Labute approximate surface area is 262 Å². The van der Waals surface area contributed by atoms with Crippen LogP contribution in [0.4, 0.5) is 0 Å². The summed E-state index contributed by atoms with van der Waals surface area (Å²) in [4.78, 5) is 12.7. The largest absolute Gasteiger partial charge is 0.491 e. The van der Waals surface area contributed by atoms with Crippen LogP contribution in [0, 0.1) is 6.92 Å². The molecule has 0 aromatic heterocycles. The summed E-state index contributed by atoms with van der Waals surface area (Å²) in [6.07, 6.45) is 4.73. The first-order valence-electron chi connectivity index (χ1n) is 14.8. The van der Waals surface area contributed by atoms with Gasteiger partial charge in [0.1, 0.15) is 18.0 Å². The van der Waals surface area contributed by atoms with Crippen molar-refractivity contribution in [2.45, 2.75) is 57.5 Å². The third-order valence-corrected chi connectivity index (χ3v) is 7.76. The van der Waals surface area contributed by atoms with E-state index in [-0.39, 0.29) is 30.0 Å². The molecule has 1 atom stereocenters. The van der Waals surface area contributed by atoms with E-state index in [0.717, 1.165) is 28.0 Å². The van der Waals surface area contributed by atoms with Gasteiger partial charge in [0.25, 0.3) is 10.1 Å². The Morgan fingerprint density at radius 1 is 0.750 bits per heavy atom. The van der Waals surface area contributed by atoms with Crippen LogP contribution in [0.25, 0.3) is 12.2 Å². The Bertz CT molecular complexity index is 1420. The highest BCUT2D eigenvalue weighted by Gasteiger charge is 2.25. The van der Waals surface area contributed by atoms with Crippen LogP contribution in [-0.4, -0.2) is 59.6 Å². The first-order valence-corrected chi connectivity index (χ1v) is 16.2. The maximum absolute atomic E-state index is 12.6. The maximum Gasteiger partial charge on any atom is 0.313 e. The summed E-state index contributed by atoms with van der Waals surface area (Å²) in [6, 6.07) is 22.2. The van der Waals surface area contributed by atoms with Crippen molar-refractivity contribution < 1.29 is 36.3 Å². The molecule has 0 saturated heterocycles. The molecule has 1 unspecified atom stereocenters. The topological polar surface area (TPSA) is 97.4 Å². The van der Waals surface area contributed by atoms with Gasteiger partial charge < -0.3 is 18.9 Å². The Morgan fingerprint density at radius 3 is 1.82 bits per heavy atom. The van der Waals surface area contributed by atoms with Crippen molar-refractivity contribution in [3.8, 4) is 5.75 Å². The molecule has 0 radical (unpaired) electrons. The van der Waals surface area contributed by atoms with Crippen LogP contribution in [0.15, 0.2) is 77.7 Å². The van der Waals surface area contributed by atoms with Gasteiger partial charge in [-0.3, -0.25) is 8.98 Å². The number of aryl methyl sites for hydroxylation is 1. The van der Waals surface area contributed by atoms with Gasteiger partial charge >= 0.3 is 5.97 Å². The van der Waals surface area contributed by atoms with E-state index in [1.165, 1.54) is 12.1 Å². The molecule has 0 heterocycles. The van der Waals surface area contributed by atoms with Crippen molar-refractivity contribution >= 4 is 28.2 Å². The van der Waals surface area contributed by atoms with Crippen LogP contribution in [0.3, 0.4) is 0 Å². The number of hydrogen-bond donors (Lipinski definition) is 0. The molecule has 0 spiro atoms. The molecule has 0 aliphatic rings. The highest BCUT2D eigenvalue weighted by Crippen LogP contribution is 2.25. The van der Waals surface area contributed by atoms with Crippen molar-refractivity contribution in [1.29, 1.82) is 0 Å². The zero-order valence-corrected chi connectivity index (χ0v) is 27.1. The molecule has 0 fully saturated rings. The SMILES string of the molecule is CCC(C(=O)OC(C)(C)C)c1ccc(/C=C/c2ccc(OCCOCCOCCOS(=O)(=O)c3ccc(C)cc3)cc2)cc1. The minimum absolute atomic E-state index is 0.0635. The van der Waals surface area contributed by atoms with Crippen molar-refractivity contribution in [2.75, 3.05) is 39.6 Å². The van der Waals surface area contributed by atoms with Crippen molar-refractivity contribution in [1.82, 2.24) is 0 Å². The summed E-state index contributed by atoms with van der Waals surface area (Å²) in [5, 5.41) is 0. The fourth-order valence-corrected chi connectivity index (χ4v) is 5.03. The molecular formula is C35H44O8S. The fourth-order valence-electron chi connectivity index (χ4n) is 4.13. The van der Waals surface area contributed by atoms with Gasteiger partial charge in [-0.2, -0.15) is 8.42 Å². The number of carbonyl (C=O) groups excluding carboxylic acids is 1. The molecule has 0 aliphatic heterocycles. The zero-order chi connectivity index (χ0) is 32.0. The van der Waals surface area contributed by atoms with Gasteiger partial charge in [-0.25, -0.2) is 0 Å². The molecule has 3 aromatic carbocycles. The number of benzene rings is 3. The predicted molar refractivity (Wildman–Crippen MR) is 172 cm³/mol. The molecule has 9 heteroatoms. The molecule has 238 valence electrons. The number of hydrogen-bond acceptors (Lipinski definition) is 8. The summed E-state index contributed by atoms with van der Waals surface area (Å²) in [6.45, 7) is 11.1. The van der Waals surface area contributed by atoms with Gasteiger partial charge in [0, 0.05) is 0 Å². The van der Waals surface area contributed by atoms with Crippen LogP contribution >= 0.6 is 0 Å². The van der Waals surface area contributed by atoms with Gasteiger partial charge in [0.2, 0.25) is 0 Å². The van der Waals surface area contributed by atoms with Crippen molar-refractivity contribution in [3.05, 3.63) is 95.1 Å². The van der Waals surface area contributed by atoms with Crippen molar-refractivity contribution in [2.24, 2.45) is 0 Å². The molecule has 3 aromatic rings. The Morgan fingerprint density at radius 2 is 1.27 bits per heavy atom. The number of esters is 1. The molecular weight excluding hydrogens is 580 g/mol.